The molecule has 0 radical (unpaired) electrons. The van der Waals surface area contributed by atoms with Crippen LogP contribution in [0.1, 0.15) is 38.1 Å². The lowest BCUT2D eigenvalue weighted by Crippen LogP contribution is -2.28. The Balaban J connectivity index is 2.98. The number of nitrogens with zero attached hydrogens (tertiary/aromatic N) is 1. The molecule has 0 aromatic carbocycles. The number of esters is 1. The Morgan fingerprint density at radius 3 is 2.60 bits per heavy atom. The smallest absolute Gasteiger partial charge is 0.413 e. The Kier molecular flexibility index (Phi) is 5.33. The van der Waals surface area contributed by atoms with Crippen molar-refractivity contribution < 1.29 is 19.1 Å². The molecule has 0 aliphatic rings. The molecule has 6 nitrogen and oxygen atoms in total. The summed E-state index contributed by atoms with van der Waals surface area (Å²) in [4.78, 5) is 27.4. The quantitative estimate of drug-likeness (QED) is 0.867. The number of amides is 1. The van der Waals surface area contributed by atoms with Crippen LogP contribution in [0.5, 0.6) is 0 Å². The fourth-order valence-corrected chi connectivity index (χ4v) is 1.55. The molecule has 0 saturated carbocycles. The van der Waals surface area contributed by atoms with Crippen LogP contribution in [0.2, 0.25) is 5.02 Å². The van der Waals surface area contributed by atoms with Crippen molar-refractivity contribution in [2.24, 2.45) is 0 Å². The lowest BCUT2D eigenvalue weighted by Gasteiger charge is -2.20. The lowest BCUT2D eigenvalue weighted by molar-refractivity contribution is 0.0527. The molecule has 0 unspecified atom stereocenters. The van der Waals surface area contributed by atoms with Crippen LogP contribution in [-0.4, -0.2) is 29.3 Å². The number of rotatable bonds is 3. The highest BCUT2D eigenvalue weighted by atomic mass is 35.5. The molecule has 1 rings (SSSR count). The standard InChI is InChI=1S/C13H17ClN2O4/c1-5-19-11(17)9-8(14)6-7-15-10(9)16-12(18)20-13(2,3)4/h6-7H,5H2,1-4H3,(H,15,16,18). The van der Waals surface area contributed by atoms with Gasteiger partial charge in [-0.1, -0.05) is 11.6 Å². The van der Waals surface area contributed by atoms with Gasteiger partial charge in [-0.05, 0) is 33.8 Å². The summed E-state index contributed by atoms with van der Waals surface area (Å²) in [6.45, 7) is 7.04. The Morgan fingerprint density at radius 2 is 2.05 bits per heavy atom. The molecule has 0 spiro atoms. The molecule has 110 valence electrons. The number of ether oxygens (including phenoxy) is 2. The van der Waals surface area contributed by atoms with Gasteiger partial charge >= 0.3 is 12.1 Å². The first kappa shape index (κ1) is 16.2. The van der Waals surface area contributed by atoms with Crippen LogP contribution in [0, 0.1) is 0 Å². The second-order valence-corrected chi connectivity index (χ2v) is 5.27. The molecule has 1 heterocycles. The van der Waals surface area contributed by atoms with Crippen molar-refractivity contribution in [3.8, 4) is 0 Å². The minimum absolute atomic E-state index is 0.00174. The predicted octanol–water partition coefficient (Wildman–Crippen LogP) is 3.26. The van der Waals surface area contributed by atoms with Gasteiger partial charge in [0.2, 0.25) is 0 Å². The topological polar surface area (TPSA) is 77.5 Å². The van der Waals surface area contributed by atoms with E-state index >= 15 is 0 Å². The van der Waals surface area contributed by atoms with Gasteiger partial charge in [-0.2, -0.15) is 0 Å². The van der Waals surface area contributed by atoms with E-state index < -0.39 is 17.7 Å². The zero-order valence-corrected chi connectivity index (χ0v) is 12.6. The molecule has 1 aromatic heterocycles. The second-order valence-electron chi connectivity index (χ2n) is 4.86. The van der Waals surface area contributed by atoms with Gasteiger partial charge in [0.25, 0.3) is 0 Å². The third-order valence-electron chi connectivity index (χ3n) is 2.00. The summed E-state index contributed by atoms with van der Waals surface area (Å²) >= 11 is 5.94. The molecule has 0 atom stereocenters. The monoisotopic (exact) mass is 300 g/mol. The van der Waals surface area contributed by atoms with Crippen LogP contribution in [0.25, 0.3) is 0 Å². The van der Waals surface area contributed by atoms with E-state index in [9.17, 15) is 9.59 Å². The van der Waals surface area contributed by atoms with Crippen molar-refractivity contribution in [3.63, 3.8) is 0 Å². The number of aromatic nitrogens is 1. The Bertz CT molecular complexity index is 512. The largest absolute Gasteiger partial charge is 0.462 e. The zero-order chi connectivity index (χ0) is 15.3. The molecule has 1 amide bonds. The fraction of sp³-hybridized carbons (Fsp3) is 0.462. The summed E-state index contributed by atoms with van der Waals surface area (Å²) in [7, 11) is 0. The molecular weight excluding hydrogens is 284 g/mol. The predicted molar refractivity (Wildman–Crippen MR) is 75.1 cm³/mol. The molecule has 20 heavy (non-hydrogen) atoms. The summed E-state index contributed by atoms with van der Waals surface area (Å²) in [5, 5.41) is 2.53. The minimum atomic E-state index is -0.724. The Hall–Kier alpha value is -1.82. The van der Waals surface area contributed by atoms with E-state index in [0.717, 1.165) is 0 Å². The molecule has 0 saturated heterocycles. The number of carbonyl (C=O) groups is 2. The van der Waals surface area contributed by atoms with Crippen molar-refractivity contribution >= 4 is 29.5 Å². The van der Waals surface area contributed by atoms with E-state index in [4.69, 9.17) is 21.1 Å². The van der Waals surface area contributed by atoms with E-state index in [2.05, 4.69) is 10.3 Å². The summed E-state index contributed by atoms with van der Waals surface area (Å²) in [6.07, 6.45) is 0.649. The molecule has 0 fully saturated rings. The first-order valence-corrected chi connectivity index (χ1v) is 6.44. The first-order valence-electron chi connectivity index (χ1n) is 6.06. The third kappa shape index (κ3) is 4.70. The summed E-state index contributed by atoms with van der Waals surface area (Å²) in [6, 6.07) is 1.44. The maximum atomic E-state index is 11.8. The zero-order valence-electron chi connectivity index (χ0n) is 11.8. The van der Waals surface area contributed by atoms with Gasteiger partial charge in [0.05, 0.1) is 11.6 Å². The van der Waals surface area contributed by atoms with Crippen LogP contribution in [0.3, 0.4) is 0 Å². The number of pyridine rings is 1. The number of halogens is 1. The average molecular weight is 301 g/mol. The van der Waals surface area contributed by atoms with E-state index in [1.54, 1.807) is 27.7 Å². The van der Waals surface area contributed by atoms with E-state index in [1.165, 1.54) is 12.3 Å². The number of carbonyl (C=O) groups excluding carboxylic acids is 2. The highest BCUT2D eigenvalue weighted by molar-refractivity contribution is 6.34. The maximum Gasteiger partial charge on any atom is 0.413 e. The van der Waals surface area contributed by atoms with Crippen molar-refractivity contribution in [2.75, 3.05) is 11.9 Å². The number of hydrogen-bond donors (Lipinski definition) is 1. The maximum absolute atomic E-state index is 11.8. The minimum Gasteiger partial charge on any atom is -0.462 e. The second kappa shape index (κ2) is 6.56. The van der Waals surface area contributed by atoms with Crippen molar-refractivity contribution in [1.29, 1.82) is 0 Å². The highest BCUT2D eigenvalue weighted by Crippen LogP contribution is 2.23. The molecule has 0 aliphatic carbocycles. The highest BCUT2D eigenvalue weighted by Gasteiger charge is 2.22. The van der Waals surface area contributed by atoms with E-state index in [0.29, 0.717) is 0 Å². The van der Waals surface area contributed by atoms with Crippen LogP contribution < -0.4 is 5.32 Å². The average Bonchev–Trinajstić information content (AvgIpc) is 2.26. The lowest BCUT2D eigenvalue weighted by atomic mass is 10.2. The Labute approximate surface area is 122 Å². The number of anilines is 1. The molecular formula is C13H17ClN2O4. The van der Waals surface area contributed by atoms with Gasteiger partial charge < -0.3 is 9.47 Å². The summed E-state index contributed by atoms with van der Waals surface area (Å²) in [5.74, 6) is -0.651. The SMILES string of the molecule is CCOC(=O)c1c(Cl)ccnc1NC(=O)OC(C)(C)C. The van der Waals surface area contributed by atoms with Gasteiger partial charge in [-0.25, -0.2) is 14.6 Å². The molecule has 7 heteroatoms. The first-order chi connectivity index (χ1) is 9.24. The van der Waals surface area contributed by atoms with Gasteiger partial charge in [0, 0.05) is 6.20 Å². The van der Waals surface area contributed by atoms with E-state index in [1.807, 2.05) is 0 Å². The van der Waals surface area contributed by atoms with Crippen molar-refractivity contribution in [1.82, 2.24) is 4.98 Å². The van der Waals surface area contributed by atoms with Crippen LogP contribution in [0.4, 0.5) is 10.6 Å². The summed E-state index contributed by atoms with van der Waals surface area (Å²) < 4.78 is 9.97. The number of nitrogens with one attached hydrogen (secondary N) is 1. The van der Waals surface area contributed by atoms with Gasteiger partial charge in [-0.3, -0.25) is 5.32 Å². The third-order valence-corrected chi connectivity index (χ3v) is 2.31. The van der Waals surface area contributed by atoms with Crippen molar-refractivity contribution in [3.05, 3.63) is 22.8 Å². The molecule has 0 aliphatic heterocycles. The Morgan fingerprint density at radius 1 is 1.40 bits per heavy atom. The van der Waals surface area contributed by atoms with Crippen LogP contribution in [-0.2, 0) is 9.47 Å². The number of hydrogen-bond acceptors (Lipinski definition) is 5. The van der Waals surface area contributed by atoms with Gasteiger partial charge in [0.15, 0.2) is 5.82 Å². The fourth-order valence-electron chi connectivity index (χ4n) is 1.33. The van der Waals surface area contributed by atoms with Crippen LogP contribution >= 0.6 is 11.6 Å². The molecule has 1 aromatic rings. The molecule has 0 bridgehead atoms. The van der Waals surface area contributed by atoms with E-state index in [-0.39, 0.29) is 23.0 Å². The van der Waals surface area contributed by atoms with Gasteiger partial charge in [0.1, 0.15) is 11.2 Å². The summed E-state index contributed by atoms with van der Waals surface area (Å²) in [5.41, 5.74) is -0.658. The molecule has 1 N–H and O–H groups in total. The normalized spacial score (nSPS) is 10.8. The van der Waals surface area contributed by atoms with Crippen molar-refractivity contribution in [2.45, 2.75) is 33.3 Å². The van der Waals surface area contributed by atoms with Crippen LogP contribution in [0.15, 0.2) is 12.3 Å². The van der Waals surface area contributed by atoms with Gasteiger partial charge in [-0.15, -0.1) is 0 Å².